The predicted molar refractivity (Wildman–Crippen MR) is 40.3 cm³/mol. The highest BCUT2D eigenvalue weighted by molar-refractivity contribution is 7.89. The SMILES string of the molecule is CC1CCCN1S(=O)(=O)C(F)F. The van der Waals surface area contributed by atoms with Crippen LogP contribution in [0.5, 0.6) is 0 Å². The van der Waals surface area contributed by atoms with E-state index in [4.69, 9.17) is 0 Å². The topological polar surface area (TPSA) is 37.4 Å². The van der Waals surface area contributed by atoms with Crippen LogP contribution in [-0.4, -0.2) is 31.1 Å². The normalized spacial score (nSPS) is 26.8. The molecule has 0 aromatic rings. The molecule has 0 spiro atoms. The van der Waals surface area contributed by atoms with Crippen LogP contribution in [0, 0.1) is 0 Å². The summed E-state index contributed by atoms with van der Waals surface area (Å²) >= 11 is 0. The average Bonchev–Trinajstić information content (AvgIpc) is 2.35. The van der Waals surface area contributed by atoms with E-state index in [9.17, 15) is 17.2 Å². The molecule has 1 aliphatic rings. The highest BCUT2D eigenvalue weighted by Gasteiger charge is 2.37. The minimum Gasteiger partial charge on any atom is -0.206 e. The number of hydrogen-bond acceptors (Lipinski definition) is 2. The molecular formula is C6H11F2NO2S. The first-order chi connectivity index (χ1) is 5.46. The van der Waals surface area contributed by atoms with Crippen LogP contribution in [0.4, 0.5) is 8.78 Å². The van der Waals surface area contributed by atoms with Crippen molar-refractivity contribution in [3.05, 3.63) is 0 Å². The second-order valence-electron chi connectivity index (χ2n) is 2.91. The van der Waals surface area contributed by atoms with Gasteiger partial charge in [0.15, 0.2) is 0 Å². The van der Waals surface area contributed by atoms with Gasteiger partial charge in [-0.15, -0.1) is 0 Å². The number of rotatable bonds is 2. The van der Waals surface area contributed by atoms with E-state index in [1.165, 1.54) is 0 Å². The van der Waals surface area contributed by atoms with E-state index in [1.807, 2.05) is 0 Å². The number of alkyl halides is 2. The number of nitrogens with zero attached hydrogens (tertiary/aromatic N) is 1. The van der Waals surface area contributed by atoms with Gasteiger partial charge >= 0.3 is 5.76 Å². The van der Waals surface area contributed by atoms with Gasteiger partial charge in [-0.1, -0.05) is 0 Å². The van der Waals surface area contributed by atoms with Gasteiger partial charge in [-0.05, 0) is 19.8 Å². The van der Waals surface area contributed by atoms with Crippen molar-refractivity contribution in [2.75, 3.05) is 6.54 Å². The van der Waals surface area contributed by atoms with E-state index in [2.05, 4.69) is 0 Å². The molecule has 0 aromatic heterocycles. The molecule has 72 valence electrons. The van der Waals surface area contributed by atoms with Gasteiger partial charge in [0.1, 0.15) is 0 Å². The third kappa shape index (κ3) is 1.59. The first-order valence-electron chi connectivity index (χ1n) is 3.75. The third-order valence-electron chi connectivity index (χ3n) is 2.04. The zero-order valence-corrected chi connectivity index (χ0v) is 7.52. The van der Waals surface area contributed by atoms with E-state index in [-0.39, 0.29) is 12.6 Å². The second-order valence-corrected chi connectivity index (χ2v) is 4.76. The summed E-state index contributed by atoms with van der Waals surface area (Å²) in [6.07, 6.45) is 1.35. The average molecular weight is 199 g/mol. The van der Waals surface area contributed by atoms with E-state index in [1.54, 1.807) is 6.92 Å². The van der Waals surface area contributed by atoms with Crippen molar-refractivity contribution >= 4 is 10.0 Å². The fourth-order valence-electron chi connectivity index (χ4n) is 1.39. The van der Waals surface area contributed by atoms with Crippen LogP contribution in [-0.2, 0) is 10.0 Å². The van der Waals surface area contributed by atoms with Crippen molar-refractivity contribution in [1.29, 1.82) is 0 Å². The molecule has 0 N–H and O–H groups in total. The minimum atomic E-state index is -4.33. The highest BCUT2D eigenvalue weighted by atomic mass is 32.2. The molecule has 0 bridgehead atoms. The predicted octanol–water partition coefficient (Wildman–Crippen LogP) is 1.02. The van der Waals surface area contributed by atoms with Crippen molar-refractivity contribution in [2.45, 2.75) is 31.6 Å². The quantitative estimate of drug-likeness (QED) is 0.666. The molecular weight excluding hydrogens is 188 g/mol. The highest BCUT2D eigenvalue weighted by Crippen LogP contribution is 2.23. The maximum absolute atomic E-state index is 12.0. The Bertz CT molecular complexity index is 252. The molecule has 6 heteroatoms. The second kappa shape index (κ2) is 3.26. The van der Waals surface area contributed by atoms with Gasteiger partial charge in [0.25, 0.3) is 10.0 Å². The smallest absolute Gasteiger partial charge is 0.206 e. The van der Waals surface area contributed by atoms with Crippen molar-refractivity contribution in [1.82, 2.24) is 4.31 Å². The maximum atomic E-state index is 12.0. The van der Waals surface area contributed by atoms with E-state index in [0.29, 0.717) is 12.8 Å². The minimum absolute atomic E-state index is 0.230. The zero-order chi connectivity index (χ0) is 9.35. The summed E-state index contributed by atoms with van der Waals surface area (Å²) in [5, 5.41) is 0. The molecule has 0 radical (unpaired) electrons. The fraction of sp³-hybridized carbons (Fsp3) is 1.00. The Morgan fingerprint density at radius 3 is 2.42 bits per heavy atom. The lowest BCUT2D eigenvalue weighted by molar-refractivity contribution is 0.218. The lowest BCUT2D eigenvalue weighted by Gasteiger charge is -2.19. The monoisotopic (exact) mass is 199 g/mol. The van der Waals surface area contributed by atoms with Crippen molar-refractivity contribution in [2.24, 2.45) is 0 Å². The van der Waals surface area contributed by atoms with Gasteiger partial charge in [-0.3, -0.25) is 0 Å². The van der Waals surface area contributed by atoms with Crippen LogP contribution in [0.1, 0.15) is 19.8 Å². The summed E-state index contributed by atoms with van der Waals surface area (Å²) < 4.78 is 46.7. The molecule has 0 saturated carbocycles. The van der Waals surface area contributed by atoms with Gasteiger partial charge in [0.05, 0.1) is 0 Å². The zero-order valence-electron chi connectivity index (χ0n) is 6.70. The Morgan fingerprint density at radius 1 is 1.50 bits per heavy atom. The van der Waals surface area contributed by atoms with E-state index < -0.39 is 15.8 Å². The Balaban J connectivity index is 2.82. The maximum Gasteiger partial charge on any atom is 0.350 e. The van der Waals surface area contributed by atoms with Gasteiger partial charge in [0.2, 0.25) is 0 Å². The fourth-order valence-corrected chi connectivity index (χ4v) is 2.58. The Kier molecular flexibility index (Phi) is 2.67. The Labute approximate surface area is 70.4 Å². The van der Waals surface area contributed by atoms with E-state index >= 15 is 0 Å². The van der Waals surface area contributed by atoms with Gasteiger partial charge in [0, 0.05) is 12.6 Å². The number of hydrogen-bond donors (Lipinski definition) is 0. The van der Waals surface area contributed by atoms with Crippen LogP contribution in [0.15, 0.2) is 0 Å². The summed E-state index contributed by atoms with van der Waals surface area (Å²) in [7, 11) is -4.33. The van der Waals surface area contributed by atoms with Crippen molar-refractivity contribution < 1.29 is 17.2 Å². The Hall–Kier alpha value is -0.230. The molecule has 12 heavy (non-hydrogen) atoms. The van der Waals surface area contributed by atoms with Crippen LogP contribution in [0.25, 0.3) is 0 Å². The van der Waals surface area contributed by atoms with Crippen LogP contribution < -0.4 is 0 Å². The molecule has 1 heterocycles. The summed E-state index contributed by atoms with van der Waals surface area (Å²) in [5.74, 6) is -3.28. The molecule has 0 amide bonds. The molecule has 1 fully saturated rings. The molecule has 1 rings (SSSR count). The molecule has 1 unspecified atom stereocenters. The summed E-state index contributed by atoms with van der Waals surface area (Å²) in [4.78, 5) is 0. The Morgan fingerprint density at radius 2 is 2.08 bits per heavy atom. The lowest BCUT2D eigenvalue weighted by atomic mass is 10.3. The summed E-state index contributed by atoms with van der Waals surface area (Å²) in [5.41, 5.74) is 0. The van der Waals surface area contributed by atoms with Gasteiger partial charge in [-0.25, -0.2) is 8.42 Å². The first-order valence-corrected chi connectivity index (χ1v) is 5.25. The van der Waals surface area contributed by atoms with Crippen LogP contribution in [0.2, 0.25) is 0 Å². The molecule has 0 aromatic carbocycles. The standard InChI is InChI=1S/C6H11F2NO2S/c1-5-3-2-4-9(5)12(10,11)6(7)8/h5-6H,2-4H2,1H3. The van der Waals surface area contributed by atoms with Gasteiger partial charge in [-0.2, -0.15) is 13.1 Å². The van der Waals surface area contributed by atoms with Crippen LogP contribution in [0.3, 0.4) is 0 Å². The third-order valence-corrected chi connectivity index (χ3v) is 3.69. The summed E-state index contributed by atoms with van der Waals surface area (Å²) in [6, 6.07) is -0.274. The molecule has 1 aliphatic heterocycles. The van der Waals surface area contributed by atoms with Gasteiger partial charge < -0.3 is 0 Å². The molecule has 1 atom stereocenters. The lowest BCUT2D eigenvalue weighted by Crippen LogP contribution is -2.37. The van der Waals surface area contributed by atoms with Crippen molar-refractivity contribution in [3.63, 3.8) is 0 Å². The molecule has 0 aliphatic carbocycles. The van der Waals surface area contributed by atoms with Crippen molar-refractivity contribution in [3.8, 4) is 0 Å². The molecule has 1 saturated heterocycles. The number of halogens is 2. The summed E-state index contributed by atoms with van der Waals surface area (Å²) in [6.45, 7) is 1.88. The molecule has 3 nitrogen and oxygen atoms in total. The number of sulfonamides is 1. The first kappa shape index (κ1) is 9.85. The van der Waals surface area contributed by atoms with E-state index in [0.717, 1.165) is 4.31 Å². The van der Waals surface area contributed by atoms with Crippen LogP contribution >= 0.6 is 0 Å². The largest absolute Gasteiger partial charge is 0.350 e.